The third-order valence-electron chi connectivity index (χ3n) is 2.82. The number of rotatable bonds is 6. The minimum absolute atomic E-state index is 0.00819. The lowest BCUT2D eigenvalue weighted by Gasteiger charge is -2.10. The third kappa shape index (κ3) is 3.63. The molecule has 1 aromatic heterocycles. The van der Waals surface area contributed by atoms with Crippen LogP contribution in [0.4, 0.5) is 5.69 Å². The zero-order chi connectivity index (χ0) is 17.7. The summed E-state index contributed by atoms with van der Waals surface area (Å²) in [5, 5.41) is 21.1. The molecule has 0 saturated carbocycles. The molecule has 0 saturated heterocycles. The molecule has 0 atom stereocenters. The number of benzene rings is 1. The van der Waals surface area contributed by atoms with Gasteiger partial charge in [-0.1, -0.05) is 0 Å². The summed E-state index contributed by atoms with van der Waals surface area (Å²) in [5.74, 6) is 0.209. The average Bonchev–Trinajstić information content (AvgIpc) is 2.55. The standard InChI is InChI=1S/C13H13N5O5S/c1-3-23-12-9(18(20)21)4-8(5-10(12)22-2)6-15-17-11(19)7-14-16-13(17)24/h4-7H,3H2,1-2H3,(H,16,24)/b15-6-. The lowest BCUT2D eigenvalue weighted by Crippen LogP contribution is -2.18. The maximum absolute atomic E-state index is 11.6. The van der Waals surface area contributed by atoms with Gasteiger partial charge in [0.25, 0.3) is 5.56 Å². The molecule has 0 aliphatic carbocycles. The van der Waals surface area contributed by atoms with E-state index < -0.39 is 10.5 Å². The second-order valence-corrected chi connectivity index (χ2v) is 4.72. The first kappa shape index (κ1) is 17.3. The van der Waals surface area contributed by atoms with Crippen LogP contribution in [0.1, 0.15) is 12.5 Å². The van der Waals surface area contributed by atoms with Crippen LogP contribution < -0.4 is 15.0 Å². The van der Waals surface area contributed by atoms with E-state index in [4.69, 9.17) is 21.7 Å². The molecule has 126 valence electrons. The zero-order valence-corrected chi connectivity index (χ0v) is 13.6. The predicted molar refractivity (Wildman–Crippen MR) is 87.5 cm³/mol. The number of methoxy groups -OCH3 is 1. The van der Waals surface area contributed by atoms with Crippen LogP contribution in [-0.4, -0.2) is 39.7 Å². The molecule has 1 N–H and O–H groups in total. The van der Waals surface area contributed by atoms with Crippen molar-refractivity contribution < 1.29 is 14.4 Å². The van der Waals surface area contributed by atoms with Crippen LogP contribution >= 0.6 is 12.2 Å². The van der Waals surface area contributed by atoms with Gasteiger partial charge in [0.05, 0.1) is 24.9 Å². The van der Waals surface area contributed by atoms with E-state index in [1.54, 1.807) is 6.92 Å². The second kappa shape index (κ2) is 7.46. The van der Waals surface area contributed by atoms with Crippen molar-refractivity contribution in [2.45, 2.75) is 6.92 Å². The summed E-state index contributed by atoms with van der Waals surface area (Å²) in [6, 6.07) is 2.76. The highest BCUT2D eigenvalue weighted by atomic mass is 32.1. The number of hydrogen-bond acceptors (Lipinski definition) is 8. The van der Waals surface area contributed by atoms with Crippen molar-refractivity contribution in [3.05, 3.63) is 49.1 Å². The van der Waals surface area contributed by atoms with Crippen LogP contribution in [0.2, 0.25) is 0 Å². The number of nitro benzene ring substituents is 1. The lowest BCUT2D eigenvalue weighted by molar-refractivity contribution is -0.385. The van der Waals surface area contributed by atoms with E-state index in [0.717, 1.165) is 10.9 Å². The number of aromatic nitrogens is 3. The SMILES string of the molecule is CCOc1c(OC)cc(/C=N\n2c(=O)cn[nH]c2=S)cc1[N+](=O)[O-]. The van der Waals surface area contributed by atoms with E-state index in [9.17, 15) is 14.9 Å². The number of ether oxygens (including phenoxy) is 2. The van der Waals surface area contributed by atoms with Crippen LogP contribution in [0.5, 0.6) is 11.5 Å². The monoisotopic (exact) mass is 351 g/mol. The van der Waals surface area contributed by atoms with Gasteiger partial charge in [-0.2, -0.15) is 14.9 Å². The second-order valence-electron chi connectivity index (χ2n) is 4.33. The van der Waals surface area contributed by atoms with E-state index in [1.165, 1.54) is 25.5 Å². The number of H-pyrrole nitrogens is 1. The predicted octanol–water partition coefficient (Wildman–Crippen LogP) is 1.50. The minimum atomic E-state index is -0.588. The third-order valence-corrected chi connectivity index (χ3v) is 3.09. The number of nitro groups is 1. The molecule has 1 aromatic carbocycles. The van der Waals surface area contributed by atoms with Gasteiger partial charge in [0.15, 0.2) is 5.75 Å². The molecule has 0 spiro atoms. The van der Waals surface area contributed by atoms with Crippen molar-refractivity contribution in [2.75, 3.05) is 13.7 Å². The highest BCUT2D eigenvalue weighted by Gasteiger charge is 2.21. The molecule has 24 heavy (non-hydrogen) atoms. The van der Waals surface area contributed by atoms with Crippen molar-refractivity contribution in [2.24, 2.45) is 5.10 Å². The molecule has 0 bridgehead atoms. The molecule has 0 aliphatic heterocycles. The van der Waals surface area contributed by atoms with Gasteiger partial charge >= 0.3 is 5.69 Å². The summed E-state index contributed by atoms with van der Waals surface area (Å²) in [7, 11) is 1.37. The Morgan fingerprint density at radius 3 is 2.88 bits per heavy atom. The number of aromatic amines is 1. The number of hydrogen-bond donors (Lipinski definition) is 1. The molecule has 10 nitrogen and oxygen atoms in total. The van der Waals surface area contributed by atoms with Gasteiger partial charge in [0.2, 0.25) is 10.5 Å². The first-order valence-corrected chi connectivity index (χ1v) is 7.09. The first-order chi connectivity index (χ1) is 11.5. The normalized spacial score (nSPS) is 10.8. The van der Waals surface area contributed by atoms with Gasteiger partial charge in [-0.25, -0.2) is 0 Å². The molecule has 2 aromatic rings. The smallest absolute Gasteiger partial charge is 0.315 e. The topological polar surface area (TPSA) is 125 Å². The van der Waals surface area contributed by atoms with Gasteiger partial charge in [0.1, 0.15) is 6.20 Å². The van der Waals surface area contributed by atoms with Crippen LogP contribution in [0.3, 0.4) is 0 Å². The minimum Gasteiger partial charge on any atom is -0.493 e. The van der Waals surface area contributed by atoms with Gasteiger partial charge in [-0.15, -0.1) is 0 Å². The fraction of sp³-hybridized carbons (Fsp3) is 0.231. The fourth-order valence-electron chi connectivity index (χ4n) is 1.84. The summed E-state index contributed by atoms with van der Waals surface area (Å²) in [5.41, 5.74) is -0.479. The van der Waals surface area contributed by atoms with Gasteiger partial charge in [0, 0.05) is 11.6 Å². The molecule has 0 amide bonds. The highest BCUT2D eigenvalue weighted by molar-refractivity contribution is 7.71. The van der Waals surface area contributed by atoms with Crippen molar-refractivity contribution in [3.8, 4) is 11.5 Å². The summed E-state index contributed by atoms with van der Waals surface area (Å²) in [4.78, 5) is 22.3. The van der Waals surface area contributed by atoms with Crippen molar-refractivity contribution in [1.29, 1.82) is 0 Å². The maximum Gasteiger partial charge on any atom is 0.315 e. The van der Waals surface area contributed by atoms with E-state index in [2.05, 4.69) is 15.3 Å². The van der Waals surface area contributed by atoms with E-state index in [0.29, 0.717) is 5.56 Å². The molecule has 0 fully saturated rings. The summed E-state index contributed by atoms with van der Waals surface area (Å²) in [6.45, 7) is 1.95. The largest absolute Gasteiger partial charge is 0.493 e. The molecule has 0 radical (unpaired) electrons. The Hall–Kier alpha value is -3.08. The number of nitrogens with one attached hydrogen (secondary N) is 1. The highest BCUT2D eigenvalue weighted by Crippen LogP contribution is 2.37. The van der Waals surface area contributed by atoms with E-state index in [1.807, 2.05) is 0 Å². The molecule has 2 rings (SSSR count). The van der Waals surface area contributed by atoms with Gasteiger partial charge in [-0.3, -0.25) is 20.0 Å². The molecule has 11 heteroatoms. The Labute approximate surface area is 140 Å². The summed E-state index contributed by atoms with van der Waals surface area (Å²) >= 11 is 4.90. The fourth-order valence-corrected chi connectivity index (χ4v) is 2.03. The van der Waals surface area contributed by atoms with Gasteiger partial charge in [-0.05, 0) is 25.2 Å². The Kier molecular flexibility index (Phi) is 5.37. The van der Waals surface area contributed by atoms with E-state index in [-0.39, 0.29) is 28.6 Å². The maximum atomic E-state index is 11.6. The zero-order valence-electron chi connectivity index (χ0n) is 12.8. The summed E-state index contributed by atoms with van der Waals surface area (Å²) < 4.78 is 11.3. The lowest BCUT2D eigenvalue weighted by atomic mass is 10.2. The van der Waals surface area contributed by atoms with Crippen molar-refractivity contribution in [1.82, 2.24) is 14.9 Å². The quantitative estimate of drug-likeness (QED) is 0.362. The van der Waals surface area contributed by atoms with Crippen LogP contribution in [0, 0.1) is 14.9 Å². The Morgan fingerprint density at radius 1 is 1.54 bits per heavy atom. The van der Waals surface area contributed by atoms with Gasteiger partial charge < -0.3 is 9.47 Å². The van der Waals surface area contributed by atoms with Crippen LogP contribution in [0.25, 0.3) is 0 Å². The van der Waals surface area contributed by atoms with Crippen LogP contribution in [0.15, 0.2) is 28.2 Å². The Morgan fingerprint density at radius 2 is 2.29 bits per heavy atom. The Balaban J connectivity index is 2.53. The first-order valence-electron chi connectivity index (χ1n) is 6.68. The van der Waals surface area contributed by atoms with Crippen molar-refractivity contribution in [3.63, 3.8) is 0 Å². The molecule has 0 unspecified atom stereocenters. The molecule has 1 heterocycles. The number of nitrogens with zero attached hydrogens (tertiary/aromatic N) is 4. The molecular weight excluding hydrogens is 338 g/mol. The Bertz CT molecular complexity index is 876. The average molecular weight is 351 g/mol. The summed E-state index contributed by atoms with van der Waals surface area (Å²) in [6.07, 6.45) is 2.25. The molecule has 0 aliphatic rings. The molecular formula is C13H13N5O5S. The van der Waals surface area contributed by atoms with E-state index >= 15 is 0 Å². The van der Waals surface area contributed by atoms with Crippen LogP contribution in [-0.2, 0) is 0 Å². The van der Waals surface area contributed by atoms with Crippen molar-refractivity contribution >= 4 is 24.1 Å².